The lowest BCUT2D eigenvalue weighted by atomic mass is 9.88. The van der Waals surface area contributed by atoms with Crippen LogP contribution in [0, 0.1) is 5.82 Å². The van der Waals surface area contributed by atoms with E-state index in [0.717, 1.165) is 5.39 Å². The van der Waals surface area contributed by atoms with Gasteiger partial charge in [-0.05, 0) is 63.3 Å². The molecule has 2 aromatic rings. The van der Waals surface area contributed by atoms with Gasteiger partial charge >= 0.3 is 7.12 Å². The molecule has 1 fully saturated rings. The third-order valence-electron chi connectivity index (χ3n) is 7.25. The minimum atomic E-state index is -2.23. The predicted molar refractivity (Wildman–Crippen MR) is 139 cm³/mol. The Morgan fingerprint density at radius 1 is 1.06 bits per heavy atom. The van der Waals surface area contributed by atoms with E-state index in [9.17, 15) is 0 Å². The molecule has 0 bridgehead atoms. The number of methoxy groups -OCH3 is 1. The van der Waals surface area contributed by atoms with E-state index < -0.39 is 26.6 Å². The van der Waals surface area contributed by atoms with Gasteiger partial charge < -0.3 is 23.2 Å². The molecule has 3 rings (SSSR count). The molecule has 34 heavy (non-hydrogen) atoms. The summed E-state index contributed by atoms with van der Waals surface area (Å²) < 4.78 is 44.8. The van der Waals surface area contributed by atoms with E-state index in [4.69, 9.17) is 23.2 Å². The van der Waals surface area contributed by atoms with Crippen molar-refractivity contribution in [2.24, 2.45) is 0 Å². The van der Waals surface area contributed by atoms with Gasteiger partial charge in [-0.1, -0.05) is 38.9 Å². The maximum Gasteiger partial charge on any atom is 0.487 e. The Balaban J connectivity index is 2.12. The largest absolute Gasteiger partial charge is 0.543 e. The quantitative estimate of drug-likeness (QED) is 0.311. The molecule has 0 N–H and O–H groups in total. The average molecular weight is 488 g/mol. The van der Waals surface area contributed by atoms with Gasteiger partial charge in [0.1, 0.15) is 17.3 Å². The van der Waals surface area contributed by atoms with Crippen LogP contribution < -0.4 is 9.16 Å². The number of rotatable bonds is 7. The average Bonchev–Trinajstić information content (AvgIpc) is 2.91. The molecule has 8 heteroatoms. The molecule has 1 aliphatic rings. The summed E-state index contributed by atoms with van der Waals surface area (Å²) in [6.45, 7) is 18.9. The smallest absolute Gasteiger partial charge is 0.487 e. The first-order valence-electron chi connectivity index (χ1n) is 11.7. The fourth-order valence-corrected chi connectivity index (χ4v) is 4.44. The van der Waals surface area contributed by atoms with Gasteiger partial charge in [0.05, 0.1) is 11.2 Å². The van der Waals surface area contributed by atoms with Crippen LogP contribution in [-0.2, 0) is 14.0 Å². The number of fused-ring (bicyclic) bond motifs is 1. The first-order chi connectivity index (χ1) is 15.6. The number of hydrogen-bond acceptors (Lipinski definition) is 5. The second kappa shape index (κ2) is 9.30. The van der Waals surface area contributed by atoms with E-state index in [-0.39, 0.29) is 17.6 Å². The second-order valence-corrected chi connectivity index (χ2v) is 16.1. The summed E-state index contributed by atoms with van der Waals surface area (Å²) in [4.78, 5) is 0. The third-order valence-corrected chi connectivity index (χ3v) is 11.6. The van der Waals surface area contributed by atoms with Crippen LogP contribution in [0.5, 0.6) is 11.5 Å². The molecule has 0 amide bonds. The van der Waals surface area contributed by atoms with Crippen molar-refractivity contribution in [3.05, 3.63) is 41.6 Å². The topological polar surface area (TPSA) is 46.2 Å². The molecule has 0 radical (unpaired) electrons. The summed E-state index contributed by atoms with van der Waals surface area (Å²) in [7, 11) is -1.23. The van der Waals surface area contributed by atoms with E-state index in [1.165, 1.54) is 6.07 Å². The lowest BCUT2D eigenvalue weighted by Gasteiger charge is -2.37. The Morgan fingerprint density at radius 2 is 1.68 bits per heavy atom. The molecule has 5 nitrogen and oxygen atoms in total. The first-order valence-corrected chi connectivity index (χ1v) is 14.6. The molecular weight excluding hydrogens is 450 g/mol. The van der Waals surface area contributed by atoms with Crippen LogP contribution in [0.2, 0.25) is 18.1 Å². The van der Waals surface area contributed by atoms with Crippen molar-refractivity contribution in [2.75, 3.05) is 13.9 Å². The van der Waals surface area contributed by atoms with Crippen molar-refractivity contribution < 1.29 is 27.6 Å². The standard InChI is InChI=1S/C26H38BFO5Si/c1-24(2,3)34(9,10)31-22-16-19(30-17-29-8)15-18-11-12-21(28)20(23(18)22)13-14-27-32-25(4,5)26(6,7)33-27/h11-16H,17H2,1-10H3/b14-13+. The molecule has 186 valence electrons. The van der Waals surface area contributed by atoms with E-state index in [1.807, 2.05) is 39.8 Å². The minimum Gasteiger partial charge on any atom is -0.543 e. The molecular formula is C26H38BFO5Si. The number of halogens is 1. The predicted octanol–water partition coefficient (Wildman–Crippen LogP) is 6.99. The van der Waals surface area contributed by atoms with Crippen LogP contribution in [-0.4, -0.2) is 40.5 Å². The van der Waals surface area contributed by atoms with E-state index in [2.05, 4.69) is 33.9 Å². The third kappa shape index (κ3) is 5.35. The van der Waals surface area contributed by atoms with Gasteiger partial charge in [-0.2, -0.15) is 0 Å². The van der Waals surface area contributed by atoms with Gasteiger partial charge in [-0.25, -0.2) is 4.39 Å². The van der Waals surface area contributed by atoms with Gasteiger partial charge in [0, 0.05) is 24.1 Å². The SMILES string of the molecule is COCOc1cc(O[Si](C)(C)C(C)(C)C)c2c(/C=C/B3OC(C)(C)C(C)(C)O3)c(F)ccc2c1. The van der Waals surface area contributed by atoms with Gasteiger partial charge in [0.25, 0.3) is 8.32 Å². The molecule has 0 saturated carbocycles. The van der Waals surface area contributed by atoms with E-state index in [1.54, 1.807) is 25.2 Å². The summed E-state index contributed by atoms with van der Waals surface area (Å²) in [5.74, 6) is 2.63. The highest BCUT2D eigenvalue weighted by molar-refractivity contribution is 6.74. The highest BCUT2D eigenvalue weighted by atomic mass is 28.4. The van der Waals surface area contributed by atoms with Crippen molar-refractivity contribution in [3.8, 4) is 11.5 Å². The van der Waals surface area contributed by atoms with Gasteiger partial charge in [-0.3, -0.25) is 0 Å². The summed E-state index contributed by atoms with van der Waals surface area (Å²) in [6, 6.07) is 6.91. The fraction of sp³-hybridized carbons (Fsp3) is 0.538. The van der Waals surface area contributed by atoms with E-state index in [0.29, 0.717) is 22.4 Å². The number of hydrogen-bond donors (Lipinski definition) is 0. The Bertz CT molecular complexity index is 1060. The Labute approximate surface area is 204 Å². The second-order valence-electron chi connectivity index (χ2n) is 11.4. The highest BCUT2D eigenvalue weighted by Crippen LogP contribution is 2.43. The molecule has 0 aromatic heterocycles. The molecule has 0 unspecified atom stereocenters. The zero-order valence-corrected chi connectivity index (χ0v) is 23.2. The summed E-state index contributed by atoms with van der Waals surface area (Å²) in [5.41, 5.74) is -0.508. The van der Waals surface area contributed by atoms with Crippen molar-refractivity contribution in [1.29, 1.82) is 0 Å². The lowest BCUT2D eigenvalue weighted by molar-refractivity contribution is 0.00578. The molecule has 1 aliphatic heterocycles. The first kappa shape index (κ1) is 26.7. The van der Waals surface area contributed by atoms with Crippen molar-refractivity contribution >= 4 is 32.3 Å². The molecule has 1 saturated heterocycles. The lowest BCUT2D eigenvalue weighted by Crippen LogP contribution is -2.43. The van der Waals surface area contributed by atoms with Crippen LogP contribution in [0.15, 0.2) is 30.2 Å². The fourth-order valence-electron chi connectivity index (χ4n) is 3.43. The maximum absolute atomic E-state index is 15.2. The molecule has 0 aliphatic carbocycles. The zero-order valence-electron chi connectivity index (χ0n) is 22.2. The van der Waals surface area contributed by atoms with Crippen LogP contribution >= 0.6 is 0 Å². The van der Waals surface area contributed by atoms with E-state index >= 15 is 4.39 Å². The minimum absolute atomic E-state index is 0.0330. The Hall–Kier alpha value is -1.87. The summed E-state index contributed by atoms with van der Waals surface area (Å²) in [6.07, 6.45) is 1.73. The summed E-state index contributed by atoms with van der Waals surface area (Å²) >= 11 is 0. The number of benzene rings is 2. The van der Waals surface area contributed by atoms with Gasteiger partial charge in [0.2, 0.25) is 0 Å². The van der Waals surface area contributed by atoms with Gasteiger partial charge in [-0.15, -0.1) is 0 Å². The van der Waals surface area contributed by atoms with Crippen molar-refractivity contribution in [2.45, 2.75) is 77.8 Å². The monoisotopic (exact) mass is 488 g/mol. The van der Waals surface area contributed by atoms with Crippen molar-refractivity contribution in [3.63, 3.8) is 0 Å². The number of ether oxygens (including phenoxy) is 2. The summed E-state index contributed by atoms with van der Waals surface area (Å²) in [5, 5.41) is 1.48. The Kier molecular flexibility index (Phi) is 7.31. The molecule has 2 aromatic carbocycles. The zero-order chi connectivity index (χ0) is 25.5. The van der Waals surface area contributed by atoms with Crippen molar-refractivity contribution in [1.82, 2.24) is 0 Å². The van der Waals surface area contributed by atoms with Crippen LogP contribution in [0.4, 0.5) is 4.39 Å². The Morgan fingerprint density at radius 3 is 2.24 bits per heavy atom. The van der Waals surface area contributed by atoms with Crippen LogP contribution in [0.1, 0.15) is 54.0 Å². The van der Waals surface area contributed by atoms with Gasteiger partial charge in [0.15, 0.2) is 6.79 Å². The molecule has 0 spiro atoms. The molecule has 0 atom stereocenters. The van der Waals surface area contributed by atoms with Crippen LogP contribution in [0.25, 0.3) is 16.8 Å². The highest BCUT2D eigenvalue weighted by Gasteiger charge is 2.50. The molecule has 1 heterocycles. The normalized spacial score (nSPS) is 18.1. The maximum atomic E-state index is 15.2. The van der Waals surface area contributed by atoms with Crippen LogP contribution in [0.3, 0.4) is 0 Å².